The molecule has 0 bridgehead atoms. The summed E-state index contributed by atoms with van der Waals surface area (Å²) in [6, 6.07) is -0.374. The fraction of sp³-hybridized carbons (Fsp3) is 0.500. The Hall–Kier alpha value is -1.65. The number of carbonyl (C=O) groups excluding carboxylic acids is 1. The summed E-state index contributed by atoms with van der Waals surface area (Å²) in [6.07, 6.45) is 4.67. The van der Waals surface area contributed by atoms with Crippen molar-refractivity contribution in [3.05, 3.63) is 18.7 Å². The Morgan fingerprint density at radius 3 is 2.47 bits per heavy atom. The van der Waals surface area contributed by atoms with Gasteiger partial charge >= 0.3 is 5.97 Å². The summed E-state index contributed by atoms with van der Waals surface area (Å²) in [7, 11) is 1.38. The van der Waals surface area contributed by atoms with E-state index in [9.17, 15) is 4.79 Å². The molecule has 0 aliphatic heterocycles. The van der Waals surface area contributed by atoms with E-state index in [1.54, 1.807) is 12.4 Å². The maximum absolute atomic E-state index is 11.4. The zero-order valence-corrected chi connectivity index (χ0v) is 9.10. The first kappa shape index (κ1) is 11.4. The summed E-state index contributed by atoms with van der Waals surface area (Å²) >= 11 is 0. The van der Waals surface area contributed by atoms with Gasteiger partial charge in [-0.05, 0) is 5.92 Å². The fourth-order valence-corrected chi connectivity index (χ4v) is 1.18. The Morgan fingerprint density at radius 2 is 2.00 bits per heavy atom. The topological polar surface area (TPSA) is 64.1 Å². The van der Waals surface area contributed by atoms with E-state index in [1.165, 1.54) is 13.4 Å². The van der Waals surface area contributed by atoms with Gasteiger partial charge in [-0.25, -0.2) is 14.8 Å². The molecule has 0 aliphatic rings. The van der Waals surface area contributed by atoms with E-state index in [0.29, 0.717) is 5.69 Å². The van der Waals surface area contributed by atoms with Crippen LogP contribution in [0.25, 0.3) is 0 Å². The molecule has 1 N–H and O–H groups in total. The van der Waals surface area contributed by atoms with Gasteiger partial charge in [0.15, 0.2) is 0 Å². The van der Waals surface area contributed by atoms with Crippen LogP contribution in [0.3, 0.4) is 0 Å². The van der Waals surface area contributed by atoms with Crippen molar-refractivity contribution in [3.63, 3.8) is 0 Å². The molecule has 0 spiro atoms. The minimum atomic E-state index is -0.374. The van der Waals surface area contributed by atoms with Crippen LogP contribution in [0.15, 0.2) is 18.7 Å². The lowest BCUT2D eigenvalue weighted by Crippen LogP contribution is -2.35. The third-order valence-electron chi connectivity index (χ3n) is 2.00. The highest BCUT2D eigenvalue weighted by molar-refractivity contribution is 5.79. The van der Waals surface area contributed by atoms with E-state index in [2.05, 4.69) is 15.3 Å². The summed E-state index contributed by atoms with van der Waals surface area (Å²) < 4.78 is 4.70. The van der Waals surface area contributed by atoms with Gasteiger partial charge in [0.25, 0.3) is 0 Å². The van der Waals surface area contributed by atoms with Crippen molar-refractivity contribution >= 4 is 11.7 Å². The predicted molar refractivity (Wildman–Crippen MR) is 56.3 cm³/mol. The van der Waals surface area contributed by atoms with Crippen LogP contribution in [-0.2, 0) is 9.53 Å². The number of rotatable bonds is 4. The highest BCUT2D eigenvalue weighted by atomic mass is 16.5. The van der Waals surface area contributed by atoms with E-state index >= 15 is 0 Å². The lowest BCUT2D eigenvalue weighted by molar-refractivity contribution is -0.142. The molecule has 5 heteroatoms. The number of anilines is 1. The van der Waals surface area contributed by atoms with Gasteiger partial charge in [0.2, 0.25) is 0 Å². The summed E-state index contributed by atoms with van der Waals surface area (Å²) in [5.41, 5.74) is 0.710. The average molecular weight is 209 g/mol. The molecule has 1 atom stereocenters. The number of hydrogen-bond acceptors (Lipinski definition) is 5. The van der Waals surface area contributed by atoms with Crippen LogP contribution in [0, 0.1) is 5.92 Å². The summed E-state index contributed by atoms with van der Waals surface area (Å²) in [5.74, 6) is -0.147. The Labute approximate surface area is 88.9 Å². The molecule has 0 aromatic carbocycles. The Balaban J connectivity index is 2.72. The maximum Gasteiger partial charge on any atom is 0.328 e. The fourth-order valence-electron chi connectivity index (χ4n) is 1.18. The molecule has 0 saturated carbocycles. The van der Waals surface area contributed by atoms with E-state index in [0.717, 1.165) is 0 Å². The first-order valence-electron chi connectivity index (χ1n) is 4.74. The van der Waals surface area contributed by atoms with Gasteiger partial charge in [-0.1, -0.05) is 13.8 Å². The molecule has 0 amide bonds. The smallest absolute Gasteiger partial charge is 0.328 e. The summed E-state index contributed by atoms with van der Waals surface area (Å²) in [6.45, 7) is 3.89. The van der Waals surface area contributed by atoms with Crippen molar-refractivity contribution in [1.82, 2.24) is 9.97 Å². The van der Waals surface area contributed by atoms with Crippen molar-refractivity contribution in [1.29, 1.82) is 0 Å². The second-order valence-corrected chi connectivity index (χ2v) is 3.52. The Morgan fingerprint density at radius 1 is 1.40 bits per heavy atom. The van der Waals surface area contributed by atoms with Gasteiger partial charge in [0.05, 0.1) is 25.2 Å². The number of ether oxygens (including phenoxy) is 1. The summed E-state index contributed by atoms with van der Waals surface area (Å²) in [5, 5.41) is 3.03. The van der Waals surface area contributed by atoms with Crippen LogP contribution in [0.1, 0.15) is 13.8 Å². The molecule has 0 fully saturated rings. The highest BCUT2D eigenvalue weighted by Gasteiger charge is 2.22. The van der Waals surface area contributed by atoms with Crippen LogP contribution in [0.5, 0.6) is 0 Å². The lowest BCUT2D eigenvalue weighted by Gasteiger charge is -2.20. The predicted octanol–water partition coefficient (Wildman–Crippen LogP) is 1.09. The minimum absolute atomic E-state index is 0.137. The van der Waals surface area contributed by atoms with Gasteiger partial charge < -0.3 is 10.1 Å². The number of esters is 1. The van der Waals surface area contributed by atoms with Gasteiger partial charge in [-0.15, -0.1) is 0 Å². The summed E-state index contributed by atoms with van der Waals surface area (Å²) in [4.78, 5) is 19.1. The second kappa shape index (κ2) is 5.29. The van der Waals surface area contributed by atoms with Crippen molar-refractivity contribution < 1.29 is 9.53 Å². The van der Waals surface area contributed by atoms with Crippen molar-refractivity contribution in [2.45, 2.75) is 19.9 Å². The van der Waals surface area contributed by atoms with Crippen LogP contribution >= 0.6 is 0 Å². The highest BCUT2D eigenvalue weighted by Crippen LogP contribution is 2.11. The number of nitrogens with one attached hydrogen (secondary N) is 1. The molecule has 1 unspecified atom stereocenters. The number of carbonyl (C=O) groups is 1. The average Bonchev–Trinajstić information content (AvgIpc) is 2.26. The Kier molecular flexibility index (Phi) is 4.03. The molecule has 15 heavy (non-hydrogen) atoms. The van der Waals surface area contributed by atoms with E-state index in [-0.39, 0.29) is 17.9 Å². The monoisotopic (exact) mass is 209 g/mol. The van der Waals surface area contributed by atoms with Crippen LogP contribution in [0.4, 0.5) is 5.69 Å². The van der Waals surface area contributed by atoms with Gasteiger partial charge in [0, 0.05) is 0 Å². The molecular formula is C10H15N3O2. The molecule has 1 aromatic rings. The van der Waals surface area contributed by atoms with E-state index in [1.807, 2.05) is 13.8 Å². The largest absolute Gasteiger partial charge is 0.467 e. The van der Waals surface area contributed by atoms with Crippen LogP contribution < -0.4 is 5.32 Å². The third-order valence-corrected chi connectivity index (χ3v) is 2.00. The van der Waals surface area contributed by atoms with E-state index < -0.39 is 0 Å². The lowest BCUT2D eigenvalue weighted by atomic mass is 10.0. The molecule has 1 aromatic heterocycles. The van der Waals surface area contributed by atoms with Gasteiger partial charge in [-0.3, -0.25) is 0 Å². The van der Waals surface area contributed by atoms with Crippen LogP contribution in [0.2, 0.25) is 0 Å². The molecule has 1 rings (SSSR count). The van der Waals surface area contributed by atoms with Crippen molar-refractivity contribution in [2.75, 3.05) is 12.4 Å². The van der Waals surface area contributed by atoms with E-state index in [4.69, 9.17) is 4.74 Å². The van der Waals surface area contributed by atoms with Gasteiger partial charge in [-0.2, -0.15) is 0 Å². The molecule has 5 nitrogen and oxygen atoms in total. The second-order valence-electron chi connectivity index (χ2n) is 3.52. The molecule has 0 aliphatic carbocycles. The molecule has 0 radical (unpaired) electrons. The zero-order chi connectivity index (χ0) is 11.3. The molecule has 82 valence electrons. The van der Waals surface area contributed by atoms with Gasteiger partial charge in [0.1, 0.15) is 12.4 Å². The quantitative estimate of drug-likeness (QED) is 0.752. The first-order valence-corrected chi connectivity index (χ1v) is 4.74. The molecular weight excluding hydrogens is 194 g/mol. The number of hydrogen-bond donors (Lipinski definition) is 1. The Bertz CT molecular complexity index is 314. The third kappa shape index (κ3) is 3.19. The first-order chi connectivity index (χ1) is 7.15. The number of aromatic nitrogens is 2. The SMILES string of the molecule is COC(=O)C(Nc1cncnc1)C(C)C. The standard InChI is InChI=1S/C10H15N3O2/c1-7(2)9(10(14)15-3)13-8-4-11-6-12-5-8/h4-7,9,13H,1-3H3. The number of nitrogens with zero attached hydrogens (tertiary/aromatic N) is 2. The molecule has 0 saturated heterocycles. The van der Waals surface area contributed by atoms with Crippen LogP contribution in [-0.4, -0.2) is 29.1 Å². The van der Waals surface area contributed by atoms with Crippen molar-refractivity contribution in [2.24, 2.45) is 5.92 Å². The minimum Gasteiger partial charge on any atom is -0.467 e. The molecule has 1 heterocycles. The van der Waals surface area contributed by atoms with Crippen molar-refractivity contribution in [3.8, 4) is 0 Å². The zero-order valence-electron chi connectivity index (χ0n) is 9.10. The maximum atomic E-state index is 11.4. The number of methoxy groups -OCH3 is 1. The normalized spacial score (nSPS) is 12.3.